The Bertz CT molecular complexity index is 832. The van der Waals surface area contributed by atoms with E-state index in [2.05, 4.69) is 0 Å². The standard InChI is InChI=1S/C19H17ClO5S/c1-11-9-15(7-8-16(11)20)25-14-5-3-13(4-6-14)17(22)10-18(19(23)24)26-12(2)21/h3-9,18H,10H2,1-2H3,(H,23,24). The molecule has 2 aromatic rings. The van der Waals surface area contributed by atoms with Gasteiger partial charge in [0.05, 0.1) is 0 Å². The summed E-state index contributed by atoms with van der Waals surface area (Å²) < 4.78 is 5.71. The Kier molecular flexibility index (Phi) is 6.83. The van der Waals surface area contributed by atoms with Crippen LogP contribution < -0.4 is 4.74 Å². The maximum atomic E-state index is 12.2. The van der Waals surface area contributed by atoms with E-state index < -0.39 is 11.2 Å². The molecule has 26 heavy (non-hydrogen) atoms. The van der Waals surface area contributed by atoms with E-state index in [0.717, 1.165) is 5.56 Å². The molecule has 0 heterocycles. The van der Waals surface area contributed by atoms with Gasteiger partial charge in [-0.2, -0.15) is 0 Å². The molecular formula is C19H17ClO5S. The minimum absolute atomic E-state index is 0.254. The van der Waals surface area contributed by atoms with Crippen molar-refractivity contribution in [3.63, 3.8) is 0 Å². The molecule has 0 bridgehead atoms. The maximum Gasteiger partial charge on any atom is 0.317 e. The van der Waals surface area contributed by atoms with E-state index in [9.17, 15) is 14.4 Å². The molecular weight excluding hydrogens is 376 g/mol. The van der Waals surface area contributed by atoms with E-state index in [-0.39, 0.29) is 17.3 Å². The Balaban J connectivity index is 2.05. The van der Waals surface area contributed by atoms with Crippen LogP contribution in [0, 0.1) is 6.92 Å². The Morgan fingerprint density at radius 2 is 1.73 bits per heavy atom. The molecule has 0 aromatic heterocycles. The van der Waals surface area contributed by atoms with Crippen LogP contribution in [0.5, 0.6) is 11.5 Å². The molecule has 5 nitrogen and oxygen atoms in total. The van der Waals surface area contributed by atoms with Crippen LogP contribution >= 0.6 is 23.4 Å². The molecule has 0 aliphatic rings. The van der Waals surface area contributed by atoms with E-state index in [4.69, 9.17) is 21.4 Å². The first-order valence-corrected chi connectivity index (χ1v) is 8.99. The SMILES string of the molecule is CC(=O)SC(CC(=O)c1ccc(Oc2ccc(Cl)c(C)c2)cc1)C(=O)O. The third-order valence-electron chi connectivity index (χ3n) is 3.50. The largest absolute Gasteiger partial charge is 0.480 e. The van der Waals surface area contributed by atoms with E-state index in [0.29, 0.717) is 33.8 Å². The van der Waals surface area contributed by atoms with Crippen molar-refractivity contribution in [3.05, 3.63) is 58.6 Å². The Morgan fingerprint density at radius 3 is 2.27 bits per heavy atom. The molecule has 0 saturated heterocycles. The van der Waals surface area contributed by atoms with E-state index in [1.807, 2.05) is 6.92 Å². The van der Waals surface area contributed by atoms with Crippen LogP contribution in [-0.4, -0.2) is 27.2 Å². The summed E-state index contributed by atoms with van der Waals surface area (Å²) in [7, 11) is 0. The average Bonchev–Trinajstić information content (AvgIpc) is 2.57. The lowest BCUT2D eigenvalue weighted by Gasteiger charge is -2.10. The number of rotatable bonds is 7. The van der Waals surface area contributed by atoms with Crippen molar-refractivity contribution >= 4 is 40.2 Å². The zero-order chi connectivity index (χ0) is 19.3. The lowest BCUT2D eigenvalue weighted by Crippen LogP contribution is -2.21. The number of ketones is 1. The molecule has 1 atom stereocenters. The van der Waals surface area contributed by atoms with Gasteiger partial charge in [0.25, 0.3) is 0 Å². The third kappa shape index (κ3) is 5.61. The van der Waals surface area contributed by atoms with Gasteiger partial charge < -0.3 is 9.84 Å². The molecule has 2 aromatic carbocycles. The second kappa shape index (κ2) is 8.87. The zero-order valence-electron chi connectivity index (χ0n) is 14.2. The number of aliphatic carboxylic acids is 1. The number of hydrogen-bond donors (Lipinski definition) is 1. The third-order valence-corrected chi connectivity index (χ3v) is 4.90. The summed E-state index contributed by atoms with van der Waals surface area (Å²) in [6, 6.07) is 11.7. The van der Waals surface area contributed by atoms with E-state index in [1.54, 1.807) is 42.5 Å². The van der Waals surface area contributed by atoms with Crippen molar-refractivity contribution in [2.45, 2.75) is 25.5 Å². The molecule has 136 valence electrons. The predicted octanol–water partition coefficient (Wildman–Crippen LogP) is 4.75. The van der Waals surface area contributed by atoms with Crippen molar-refractivity contribution < 1.29 is 24.2 Å². The molecule has 0 fully saturated rings. The van der Waals surface area contributed by atoms with Gasteiger partial charge in [-0.1, -0.05) is 23.4 Å². The molecule has 7 heteroatoms. The van der Waals surface area contributed by atoms with Gasteiger partial charge in [0.15, 0.2) is 10.9 Å². The summed E-state index contributed by atoms with van der Waals surface area (Å²) in [6.45, 7) is 3.14. The molecule has 0 aliphatic heterocycles. The summed E-state index contributed by atoms with van der Waals surface area (Å²) in [5.41, 5.74) is 1.25. The van der Waals surface area contributed by atoms with Crippen LogP contribution in [0.1, 0.15) is 29.3 Å². The normalized spacial score (nSPS) is 11.7. The van der Waals surface area contributed by atoms with Crippen molar-refractivity contribution in [1.82, 2.24) is 0 Å². The fraction of sp³-hybridized carbons (Fsp3) is 0.211. The number of carboxylic acid groups (broad SMARTS) is 1. The number of thioether (sulfide) groups is 1. The highest BCUT2D eigenvalue weighted by Crippen LogP contribution is 2.26. The quantitative estimate of drug-likeness (QED) is 0.685. The minimum Gasteiger partial charge on any atom is -0.480 e. The first-order valence-electron chi connectivity index (χ1n) is 7.73. The molecule has 1 unspecified atom stereocenters. The topological polar surface area (TPSA) is 80.7 Å². The molecule has 0 amide bonds. The molecule has 0 saturated carbocycles. The summed E-state index contributed by atoms with van der Waals surface area (Å²) >= 11 is 6.62. The van der Waals surface area contributed by atoms with Gasteiger partial charge in [0.1, 0.15) is 16.7 Å². The second-order valence-corrected chi connectivity index (χ2v) is 7.39. The molecule has 1 N–H and O–H groups in total. The predicted molar refractivity (Wildman–Crippen MR) is 101 cm³/mol. The van der Waals surface area contributed by atoms with Crippen LogP contribution in [-0.2, 0) is 9.59 Å². The van der Waals surface area contributed by atoms with Gasteiger partial charge in [-0.25, -0.2) is 0 Å². The van der Waals surface area contributed by atoms with Gasteiger partial charge in [0.2, 0.25) is 0 Å². The zero-order valence-corrected chi connectivity index (χ0v) is 15.8. The summed E-state index contributed by atoms with van der Waals surface area (Å²) in [5.74, 6) is -0.373. The molecule has 0 aliphatic carbocycles. The number of carbonyl (C=O) groups excluding carboxylic acids is 2. The second-order valence-electron chi connectivity index (χ2n) is 5.60. The van der Waals surface area contributed by atoms with Gasteiger partial charge in [0, 0.05) is 23.9 Å². The summed E-state index contributed by atoms with van der Waals surface area (Å²) in [4.78, 5) is 34.5. The van der Waals surface area contributed by atoms with Crippen molar-refractivity contribution in [3.8, 4) is 11.5 Å². The Labute approximate surface area is 160 Å². The molecule has 2 rings (SSSR count). The number of carboxylic acids is 1. The molecule has 0 spiro atoms. The molecule has 0 radical (unpaired) electrons. The maximum absolute atomic E-state index is 12.2. The highest BCUT2D eigenvalue weighted by Gasteiger charge is 2.24. The average molecular weight is 393 g/mol. The first kappa shape index (κ1) is 20.0. The van der Waals surface area contributed by atoms with Gasteiger partial charge in [-0.3, -0.25) is 14.4 Å². The highest BCUT2D eigenvalue weighted by molar-refractivity contribution is 8.14. The number of hydrogen-bond acceptors (Lipinski definition) is 5. The van der Waals surface area contributed by atoms with Crippen molar-refractivity contribution in [2.24, 2.45) is 0 Å². The number of aryl methyl sites for hydroxylation is 1. The number of carbonyl (C=O) groups is 3. The highest BCUT2D eigenvalue weighted by atomic mass is 35.5. The lowest BCUT2D eigenvalue weighted by atomic mass is 10.1. The number of ether oxygens (including phenoxy) is 1. The van der Waals surface area contributed by atoms with Crippen LogP contribution in [0.2, 0.25) is 5.02 Å². The monoisotopic (exact) mass is 392 g/mol. The summed E-state index contributed by atoms with van der Waals surface area (Å²) in [5, 5.41) is 8.33. The Morgan fingerprint density at radius 1 is 1.12 bits per heavy atom. The summed E-state index contributed by atoms with van der Waals surface area (Å²) in [6.07, 6.45) is -0.254. The van der Waals surface area contributed by atoms with Crippen LogP contribution in [0.4, 0.5) is 0 Å². The van der Waals surface area contributed by atoms with Crippen LogP contribution in [0.15, 0.2) is 42.5 Å². The smallest absolute Gasteiger partial charge is 0.317 e. The lowest BCUT2D eigenvalue weighted by molar-refractivity contribution is -0.136. The van der Waals surface area contributed by atoms with Crippen LogP contribution in [0.3, 0.4) is 0 Å². The number of halogens is 1. The fourth-order valence-corrected chi connectivity index (χ4v) is 3.05. The first-order chi connectivity index (χ1) is 12.3. The van der Waals surface area contributed by atoms with Crippen molar-refractivity contribution in [2.75, 3.05) is 0 Å². The van der Waals surface area contributed by atoms with Crippen molar-refractivity contribution in [1.29, 1.82) is 0 Å². The van der Waals surface area contributed by atoms with Gasteiger partial charge in [-0.15, -0.1) is 0 Å². The fourth-order valence-electron chi connectivity index (χ4n) is 2.19. The number of benzene rings is 2. The van der Waals surface area contributed by atoms with E-state index in [1.165, 1.54) is 6.92 Å². The van der Waals surface area contributed by atoms with E-state index >= 15 is 0 Å². The minimum atomic E-state index is -1.18. The number of Topliss-reactive ketones (excluding diaryl/α,β-unsaturated/α-hetero) is 1. The Hall–Kier alpha value is -2.31. The van der Waals surface area contributed by atoms with Gasteiger partial charge >= 0.3 is 5.97 Å². The van der Waals surface area contributed by atoms with Crippen LogP contribution in [0.25, 0.3) is 0 Å². The van der Waals surface area contributed by atoms with Gasteiger partial charge in [-0.05, 0) is 55.0 Å².